The number of hydrogen-bond donors (Lipinski definition) is 4. The van der Waals surface area contributed by atoms with Crippen LogP contribution in [0.2, 0.25) is 0 Å². The minimum atomic E-state index is -1.75. The molecule has 2 aromatic carbocycles. The van der Waals surface area contributed by atoms with E-state index in [-0.39, 0.29) is 33.8 Å². The Morgan fingerprint density at radius 1 is 0.902 bits per heavy atom. The third-order valence-corrected chi connectivity index (χ3v) is 7.05. The van der Waals surface area contributed by atoms with Crippen molar-refractivity contribution < 1.29 is 48.2 Å². The van der Waals surface area contributed by atoms with Gasteiger partial charge in [0.25, 0.3) is 5.91 Å². The molecule has 12 nitrogen and oxygen atoms in total. The number of aliphatic hydroxyl groups is 3. The number of benzene rings is 2. The van der Waals surface area contributed by atoms with Crippen molar-refractivity contribution in [3.63, 3.8) is 0 Å². The van der Waals surface area contributed by atoms with E-state index in [1.807, 2.05) is 6.92 Å². The molecule has 1 aromatic heterocycles. The molecule has 222 valence electrons. The lowest BCUT2D eigenvalue weighted by Crippen LogP contribution is -2.58. The molecule has 3 aromatic rings. The van der Waals surface area contributed by atoms with Crippen LogP contribution in [0.5, 0.6) is 23.0 Å². The lowest BCUT2D eigenvalue weighted by Gasteiger charge is -2.40. The quantitative estimate of drug-likeness (QED) is 0.262. The summed E-state index contributed by atoms with van der Waals surface area (Å²) in [7, 11) is 5.68. The van der Waals surface area contributed by atoms with Crippen molar-refractivity contribution in [3.05, 3.63) is 46.1 Å². The Bertz CT molecular complexity index is 1450. The molecule has 0 aliphatic carbocycles. The number of aliphatic hydroxyl groups excluding tert-OH is 3. The zero-order chi connectivity index (χ0) is 29.8. The van der Waals surface area contributed by atoms with Gasteiger partial charge in [-0.25, -0.2) is 0 Å². The van der Waals surface area contributed by atoms with Crippen LogP contribution in [0.3, 0.4) is 0 Å². The summed E-state index contributed by atoms with van der Waals surface area (Å²) in [5.41, 5.74) is 0.248. The number of ether oxygens (including phenoxy) is 5. The van der Waals surface area contributed by atoms with Gasteiger partial charge in [-0.15, -0.1) is 0 Å². The second-order valence-corrected chi connectivity index (χ2v) is 9.54. The van der Waals surface area contributed by atoms with Crippen LogP contribution in [0.15, 0.2) is 39.5 Å². The van der Waals surface area contributed by atoms with Gasteiger partial charge < -0.3 is 48.7 Å². The van der Waals surface area contributed by atoms with Gasteiger partial charge in [0.05, 0.1) is 34.0 Å². The summed E-state index contributed by atoms with van der Waals surface area (Å²) in [5, 5.41) is 34.8. The van der Waals surface area contributed by atoms with Gasteiger partial charge >= 0.3 is 0 Å². The van der Waals surface area contributed by atoms with Crippen molar-refractivity contribution in [1.82, 2.24) is 5.32 Å². The highest BCUT2D eigenvalue weighted by Gasteiger charge is 2.49. The molecule has 12 heteroatoms. The summed E-state index contributed by atoms with van der Waals surface area (Å²) < 4.78 is 33.8. The molecule has 41 heavy (non-hydrogen) atoms. The number of methoxy groups -OCH3 is 4. The van der Waals surface area contributed by atoms with Crippen LogP contribution in [0.1, 0.15) is 31.4 Å². The summed E-state index contributed by atoms with van der Waals surface area (Å²) in [5.74, 6) is 0.583. The lowest BCUT2D eigenvalue weighted by atomic mass is 9.89. The predicted molar refractivity (Wildman–Crippen MR) is 148 cm³/mol. The zero-order valence-electron chi connectivity index (χ0n) is 23.5. The number of fused-ring (bicyclic) bond motifs is 1. The highest BCUT2D eigenvalue weighted by molar-refractivity contribution is 5.89. The van der Waals surface area contributed by atoms with E-state index in [4.69, 9.17) is 28.1 Å². The van der Waals surface area contributed by atoms with E-state index in [9.17, 15) is 24.9 Å². The molecule has 1 amide bonds. The molecular formula is C29H35NO11. The van der Waals surface area contributed by atoms with E-state index in [0.717, 1.165) is 6.42 Å². The minimum Gasteiger partial charge on any atom is -0.496 e. The average molecular weight is 574 g/mol. The molecule has 0 saturated carbocycles. The van der Waals surface area contributed by atoms with E-state index in [0.29, 0.717) is 30.0 Å². The maximum atomic E-state index is 13.5. The minimum absolute atomic E-state index is 0.0212. The van der Waals surface area contributed by atoms with Crippen LogP contribution >= 0.6 is 0 Å². The molecule has 2 heterocycles. The first kappa shape index (κ1) is 30.1. The summed E-state index contributed by atoms with van der Waals surface area (Å²) >= 11 is 0. The van der Waals surface area contributed by atoms with Crippen molar-refractivity contribution in [1.29, 1.82) is 0 Å². The topological polar surface area (TPSA) is 166 Å². The van der Waals surface area contributed by atoms with Crippen LogP contribution in [-0.4, -0.2) is 80.6 Å². The first-order chi connectivity index (χ1) is 19.7. The van der Waals surface area contributed by atoms with Crippen molar-refractivity contribution in [2.75, 3.05) is 35.0 Å². The van der Waals surface area contributed by atoms with Crippen molar-refractivity contribution >= 4 is 16.9 Å². The fraction of sp³-hybridized carbons (Fsp3) is 0.448. The number of hydrogen-bond acceptors (Lipinski definition) is 11. The highest BCUT2D eigenvalue weighted by atomic mass is 16.5. The molecule has 4 N–H and O–H groups in total. The Kier molecular flexibility index (Phi) is 9.38. The molecule has 0 spiro atoms. The van der Waals surface area contributed by atoms with Crippen LogP contribution in [0.4, 0.5) is 0 Å². The maximum absolute atomic E-state index is 13.5. The van der Waals surface area contributed by atoms with E-state index in [1.165, 1.54) is 40.6 Å². The van der Waals surface area contributed by atoms with Gasteiger partial charge in [0.15, 0.2) is 23.0 Å². The highest BCUT2D eigenvalue weighted by Crippen LogP contribution is 2.46. The number of rotatable bonds is 10. The fourth-order valence-electron chi connectivity index (χ4n) is 4.89. The molecule has 0 radical (unpaired) electrons. The van der Waals surface area contributed by atoms with Crippen molar-refractivity contribution in [2.45, 2.75) is 50.3 Å². The third-order valence-electron chi connectivity index (χ3n) is 7.05. The fourth-order valence-corrected chi connectivity index (χ4v) is 4.89. The van der Waals surface area contributed by atoms with E-state index in [2.05, 4.69) is 5.32 Å². The molecule has 1 aliphatic heterocycles. The first-order valence-electron chi connectivity index (χ1n) is 13.1. The van der Waals surface area contributed by atoms with Crippen LogP contribution in [0, 0.1) is 0 Å². The standard InChI is InChI=1S/C29H35NO11/c1-6-7-10-30-29(35)28-25(34)23(32)24(33)27(41-28)22-19(38-4)13-20-21(26(22)39-5)15(31)12-17(40-20)14-8-9-16(36-2)18(11-14)37-3/h8-9,11-13,23-25,27-28,32-34H,6-7,10H2,1-5H3,(H,30,35)/t23-,24-,25+,27+,28+/m1/s1. The van der Waals surface area contributed by atoms with Crippen molar-refractivity contribution in [2.24, 2.45) is 0 Å². The molecule has 1 saturated heterocycles. The number of carbonyl (C=O) groups excluding carboxylic acids is 1. The third kappa shape index (κ3) is 5.68. The molecule has 4 rings (SSSR count). The molecule has 0 unspecified atom stereocenters. The maximum Gasteiger partial charge on any atom is 0.251 e. The summed E-state index contributed by atoms with van der Waals surface area (Å²) in [6.07, 6.45) is -6.52. The van der Waals surface area contributed by atoms with Gasteiger partial charge in [0, 0.05) is 24.2 Å². The second-order valence-electron chi connectivity index (χ2n) is 9.54. The van der Waals surface area contributed by atoms with E-state index >= 15 is 0 Å². The molecule has 1 aliphatic rings. The first-order valence-corrected chi connectivity index (χ1v) is 13.1. The van der Waals surface area contributed by atoms with Gasteiger partial charge in [-0.1, -0.05) is 13.3 Å². The monoisotopic (exact) mass is 573 g/mol. The SMILES string of the molecule is CCCCNC(=O)[C@H]1O[C@@H](c2c(OC)cc3oc(-c4ccc(OC)c(OC)c4)cc(=O)c3c2OC)[C@H](O)[C@@H](O)[C@@H]1O. The smallest absolute Gasteiger partial charge is 0.251 e. The van der Waals surface area contributed by atoms with Crippen LogP contribution in [-0.2, 0) is 9.53 Å². The molecule has 0 bridgehead atoms. The number of nitrogens with one attached hydrogen (secondary N) is 1. The summed E-state index contributed by atoms with van der Waals surface area (Å²) in [4.78, 5) is 26.3. The van der Waals surface area contributed by atoms with Crippen LogP contribution < -0.4 is 29.7 Å². The Morgan fingerprint density at radius 2 is 1.61 bits per heavy atom. The average Bonchev–Trinajstić information content (AvgIpc) is 2.98. The summed E-state index contributed by atoms with van der Waals surface area (Å²) in [6, 6.07) is 7.76. The second kappa shape index (κ2) is 12.8. The van der Waals surface area contributed by atoms with E-state index < -0.39 is 41.9 Å². The molecule has 5 atom stereocenters. The lowest BCUT2D eigenvalue weighted by molar-refractivity contribution is -0.223. The largest absolute Gasteiger partial charge is 0.496 e. The van der Waals surface area contributed by atoms with Gasteiger partial charge in [0.1, 0.15) is 52.6 Å². The predicted octanol–water partition coefficient (Wildman–Crippen LogP) is 1.93. The molecule has 1 fully saturated rings. The van der Waals surface area contributed by atoms with Crippen LogP contribution in [0.25, 0.3) is 22.3 Å². The summed E-state index contributed by atoms with van der Waals surface area (Å²) in [6.45, 7) is 2.30. The van der Waals surface area contributed by atoms with E-state index in [1.54, 1.807) is 18.2 Å². The normalized spacial score (nSPS) is 22.3. The number of unbranched alkanes of at least 4 members (excludes halogenated alkanes) is 1. The van der Waals surface area contributed by atoms with Gasteiger partial charge in [-0.2, -0.15) is 0 Å². The zero-order valence-corrected chi connectivity index (χ0v) is 23.5. The Labute approximate surface area is 236 Å². The Morgan fingerprint density at radius 3 is 2.24 bits per heavy atom. The van der Waals surface area contributed by atoms with Gasteiger partial charge in [-0.05, 0) is 24.6 Å². The molecular weight excluding hydrogens is 538 g/mol. The Hall–Kier alpha value is -3.84. The van der Waals surface area contributed by atoms with Gasteiger partial charge in [-0.3, -0.25) is 9.59 Å². The Balaban J connectivity index is 1.83. The van der Waals surface area contributed by atoms with Crippen molar-refractivity contribution in [3.8, 4) is 34.3 Å². The number of carbonyl (C=O) groups is 1. The van der Waals surface area contributed by atoms with Gasteiger partial charge in [0.2, 0.25) is 0 Å². The number of amides is 1.